The minimum Gasteiger partial charge on any atom is -0.261 e. The van der Waals surface area contributed by atoms with Crippen molar-refractivity contribution in [2.75, 3.05) is 5.43 Å². The number of benzene rings is 3. The normalized spacial score (nSPS) is 11.0. The second kappa shape index (κ2) is 9.11. The van der Waals surface area contributed by atoms with Crippen molar-refractivity contribution in [1.29, 1.82) is 0 Å². The number of anilines is 1. The first-order valence-electron chi connectivity index (χ1n) is 8.92. The van der Waals surface area contributed by atoms with Gasteiger partial charge in [0.05, 0.1) is 11.9 Å². The maximum absolute atomic E-state index is 4.76. The third kappa shape index (κ3) is 5.16. The zero-order valence-electron chi connectivity index (χ0n) is 15.3. The molecule has 0 spiro atoms. The van der Waals surface area contributed by atoms with Crippen LogP contribution in [0.4, 0.5) is 5.82 Å². The highest BCUT2D eigenvalue weighted by Gasteiger charge is 2.08. The van der Waals surface area contributed by atoms with Gasteiger partial charge in [-0.2, -0.15) is 5.10 Å². The van der Waals surface area contributed by atoms with Crippen molar-refractivity contribution in [3.63, 3.8) is 0 Å². The number of hydrogen-bond acceptors (Lipinski definition) is 4. The van der Waals surface area contributed by atoms with Crippen molar-refractivity contribution in [1.82, 2.24) is 9.97 Å². The number of halogens is 2. The number of rotatable bonds is 5. The molecule has 142 valence electrons. The van der Waals surface area contributed by atoms with Crippen molar-refractivity contribution in [2.24, 2.45) is 5.10 Å². The molecular weight excluding hydrogens is 492 g/mol. The maximum Gasteiger partial charge on any atom is 0.162 e. The van der Waals surface area contributed by atoms with Gasteiger partial charge in [0.2, 0.25) is 0 Å². The van der Waals surface area contributed by atoms with E-state index in [1.54, 1.807) is 6.21 Å². The minimum absolute atomic E-state index is 0.630. The van der Waals surface area contributed by atoms with Gasteiger partial charge in [-0.1, -0.05) is 86.5 Å². The monoisotopic (exact) mass is 506 g/mol. The largest absolute Gasteiger partial charge is 0.261 e. The number of hydrazone groups is 1. The molecule has 6 heteroatoms. The van der Waals surface area contributed by atoms with Gasteiger partial charge in [-0.25, -0.2) is 9.97 Å². The smallest absolute Gasteiger partial charge is 0.162 e. The molecule has 0 atom stereocenters. The van der Waals surface area contributed by atoms with Crippen LogP contribution in [-0.2, 0) is 0 Å². The fourth-order valence-electron chi connectivity index (χ4n) is 2.71. The van der Waals surface area contributed by atoms with Crippen LogP contribution in [0.25, 0.3) is 22.6 Å². The summed E-state index contributed by atoms with van der Waals surface area (Å²) in [4.78, 5) is 9.40. The van der Waals surface area contributed by atoms with Gasteiger partial charge in [0.1, 0.15) is 0 Å². The van der Waals surface area contributed by atoms with Crippen LogP contribution >= 0.6 is 31.9 Å². The van der Waals surface area contributed by atoms with E-state index in [1.165, 1.54) is 0 Å². The molecule has 0 amide bonds. The highest BCUT2D eigenvalue weighted by atomic mass is 79.9. The molecule has 0 saturated carbocycles. The van der Waals surface area contributed by atoms with E-state index in [9.17, 15) is 0 Å². The van der Waals surface area contributed by atoms with Crippen LogP contribution in [0.5, 0.6) is 0 Å². The predicted octanol–water partition coefficient (Wildman–Crippen LogP) is 6.78. The van der Waals surface area contributed by atoms with Gasteiger partial charge in [0.25, 0.3) is 0 Å². The van der Waals surface area contributed by atoms with E-state index in [4.69, 9.17) is 4.98 Å². The van der Waals surface area contributed by atoms with Gasteiger partial charge in [-0.15, -0.1) is 0 Å². The summed E-state index contributed by atoms with van der Waals surface area (Å²) in [7, 11) is 0. The van der Waals surface area contributed by atoms with Crippen molar-refractivity contribution in [2.45, 2.75) is 0 Å². The molecule has 0 aliphatic heterocycles. The molecule has 4 rings (SSSR count). The van der Waals surface area contributed by atoms with Gasteiger partial charge >= 0.3 is 0 Å². The first kappa shape index (κ1) is 19.5. The summed E-state index contributed by atoms with van der Waals surface area (Å²) in [6, 6.07) is 27.8. The van der Waals surface area contributed by atoms with Crippen LogP contribution in [0.1, 0.15) is 5.56 Å². The molecular formula is C23H16Br2N4. The molecule has 3 aromatic carbocycles. The highest BCUT2D eigenvalue weighted by Crippen LogP contribution is 2.25. The molecule has 4 nitrogen and oxygen atoms in total. The summed E-state index contributed by atoms with van der Waals surface area (Å²) in [5, 5.41) is 4.34. The van der Waals surface area contributed by atoms with Gasteiger partial charge < -0.3 is 0 Å². The second-order valence-corrected chi connectivity index (χ2v) is 8.09. The Morgan fingerprint density at radius 3 is 2.07 bits per heavy atom. The summed E-state index contributed by atoms with van der Waals surface area (Å²) in [5.41, 5.74) is 6.82. The van der Waals surface area contributed by atoms with E-state index >= 15 is 0 Å². The lowest BCUT2D eigenvalue weighted by molar-refractivity contribution is 1.15. The Morgan fingerprint density at radius 1 is 0.724 bits per heavy atom. The van der Waals surface area contributed by atoms with E-state index in [0.29, 0.717) is 11.6 Å². The Bertz CT molecular complexity index is 1130. The third-order valence-electron chi connectivity index (χ3n) is 4.16. The summed E-state index contributed by atoms with van der Waals surface area (Å²) in [6.45, 7) is 0. The zero-order valence-corrected chi connectivity index (χ0v) is 18.4. The van der Waals surface area contributed by atoms with Crippen LogP contribution < -0.4 is 5.43 Å². The Labute approximate surface area is 186 Å². The standard InChI is InChI=1S/C23H16Br2N4/c24-19-10-6-16(7-11-19)15-26-29-22-14-21(17-4-2-1-3-5-17)27-23(28-22)18-8-12-20(25)13-9-18/h1-15H,(H,27,28,29)/b26-15+. The van der Waals surface area contributed by atoms with Gasteiger partial charge in [-0.3, -0.25) is 5.43 Å². The SMILES string of the molecule is Brc1ccc(/C=N/Nc2cc(-c3ccccc3)nc(-c3ccc(Br)cc3)n2)cc1. The average Bonchev–Trinajstić information content (AvgIpc) is 2.76. The second-order valence-electron chi connectivity index (χ2n) is 6.26. The highest BCUT2D eigenvalue weighted by molar-refractivity contribution is 9.10. The van der Waals surface area contributed by atoms with Gasteiger partial charge in [0, 0.05) is 26.1 Å². The van der Waals surface area contributed by atoms with E-state index in [0.717, 1.165) is 31.3 Å². The molecule has 29 heavy (non-hydrogen) atoms. The zero-order chi connectivity index (χ0) is 20.1. The summed E-state index contributed by atoms with van der Waals surface area (Å²) in [6.07, 6.45) is 1.76. The van der Waals surface area contributed by atoms with Crippen molar-refractivity contribution in [3.8, 4) is 22.6 Å². The molecule has 0 bridgehead atoms. The average molecular weight is 508 g/mol. The molecule has 0 unspecified atom stereocenters. The van der Waals surface area contributed by atoms with Crippen LogP contribution in [0.2, 0.25) is 0 Å². The lowest BCUT2D eigenvalue weighted by Crippen LogP contribution is -1.99. The van der Waals surface area contributed by atoms with Crippen LogP contribution in [0.3, 0.4) is 0 Å². The number of nitrogens with zero attached hydrogens (tertiary/aromatic N) is 3. The number of aromatic nitrogens is 2. The van der Waals surface area contributed by atoms with E-state index < -0.39 is 0 Å². The summed E-state index contributed by atoms with van der Waals surface area (Å²) in [5.74, 6) is 1.27. The Hall–Kier alpha value is -2.83. The molecule has 4 aromatic rings. The third-order valence-corrected chi connectivity index (χ3v) is 5.22. The molecule has 0 radical (unpaired) electrons. The lowest BCUT2D eigenvalue weighted by atomic mass is 10.1. The molecule has 0 fully saturated rings. The van der Waals surface area contributed by atoms with Crippen molar-refractivity contribution < 1.29 is 0 Å². The number of hydrogen-bond donors (Lipinski definition) is 1. The van der Waals surface area contributed by atoms with E-state index in [1.807, 2.05) is 84.9 Å². The Morgan fingerprint density at radius 2 is 1.38 bits per heavy atom. The van der Waals surface area contributed by atoms with E-state index in [2.05, 4.69) is 47.4 Å². The fraction of sp³-hybridized carbons (Fsp3) is 0. The van der Waals surface area contributed by atoms with Crippen LogP contribution in [-0.4, -0.2) is 16.2 Å². The molecule has 0 saturated heterocycles. The van der Waals surface area contributed by atoms with Crippen LogP contribution in [0, 0.1) is 0 Å². The van der Waals surface area contributed by atoms with Gasteiger partial charge in [-0.05, 0) is 29.8 Å². The molecule has 1 N–H and O–H groups in total. The van der Waals surface area contributed by atoms with Crippen LogP contribution in [0.15, 0.2) is 99.0 Å². The molecule has 1 heterocycles. The maximum atomic E-state index is 4.76. The molecule has 1 aromatic heterocycles. The first-order valence-corrected chi connectivity index (χ1v) is 10.5. The fourth-order valence-corrected chi connectivity index (χ4v) is 3.24. The minimum atomic E-state index is 0.630. The topological polar surface area (TPSA) is 50.2 Å². The number of nitrogens with one attached hydrogen (secondary N) is 1. The Balaban J connectivity index is 1.67. The molecule has 0 aliphatic rings. The van der Waals surface area contributed by atoms with E-state index in [-0.39, 0.29) is 0 Å². The van der Waals surface area contributed by atoms with Crippen molar-refractivity contribution >= 4 is 43.9 Å². The summed E-state index contributed by atoms with van der Waals surface area (Å²) >= 11 is 6.90. The Kier molecular flexibility index (Phi) is 6.12. The quantitative estimate of drug-likeness (QED) is 0.239. The van der Waals surface area contributed by atoms with Gasteiger partial charge in [0.15, 0.2) is 11.6 Å². The first-order chi connectivity index (χ1) is 14.2. The predicted molar refractivity (Wildman–Crippen MR) is 126 cm³/mol. The molecule has 0 aliphatic carbocycles. The lowest BCUT2D eigenvalue weighted by Gasteiger charge is -2.08. The van der Waals surface area contributed by atoms with Crippen molar-refractivity contribution in [3.05, 3.63) is 99.4 Å². The summed E-state index contributed by atoms with van der Waals surface area (Å²) < 4.78 is 2.04.